The molecule has 2 fully saturated rings. The van der Waals surface area contributed by atoms with E-state index in [9.17, 15) is 4.79 Å². The molecule has 0 bridgehead atoms. The van der Waals surface area contributed by atoms with Crippen LogP contribution in [0.5, 0.6) is 0 Å². The van der Waals surface area contributed by atoms with Crippen LogP contribution in [0.4, 0.5) is 0 Å². The first-order chi connectivity index (χ1) is 9.11. The van der Waals surface area contributed by atoms with Gasteiger partial charge in [0.05, 0.1) is 8.66 Å². The third-order valence-electron chi connectivity index (χ3n) is 4.25. The van der Waals surface area contributed by atoms with Gasteiger partial charge in [-0.3, -0.25) is 4.79 Å². The minimum absolute atomic E-state index is 0.192. The normalized spacial score (nSPS) is 29.8. The number of nitrogens with one attached hydrogen (secondary N) is 1. The smallest absolute Gasteiger partial charge is 0.264 e. The first-order valence-electron chi connectivity index (χ1n) is 6.58. The highest BCUT2D eigenvalue weighted by Crippen LogP contribution is 2.38. The zero-order chi connectivity index (χ0) is 13.6. The van der Waals surface area contributed by atoms with Gasteiger partial charge in [-0.25, -0.2) is 0 Å². The molecule has 1 aromatic heterocycles. The molecule has 2 saturated heterocycles. The lowest BCUT2D eigenvalue weighted by molar-refractivity contribution is 0.0716. The van der Waals surface area contributed by atoms with Gasteiger partial charge in [0.2, 0.25) is 0 Å². The van der Waals surface area contributed by atoms with E-state index < -0.39 is 0 Å². The van der Waals surface area contributed by atoms with Gasteiger partial charge in [0.1, 0.15) is 0 Å². The Morgan fingerprint density at radius 3 is 2.95 bits per heavy atom. The largest absolute Gasteiger partial charge is 0.334 e. The summed E-state index contributed by atoms with van der Waals surface area (Å²) >= 11 is 8.43. The average molecular weight is 408 g/mol. The highest BCUT2D eigenvalue weighted by Gasteiger charge is 2.45. The molecule has 1 amide bonds. The molecule has 0 radical (unpaired) electrons. The summed E-state index contributed by atoms with van der Waals surface area (Å²) in [6, 6.07) is 2.32. The Labute approximate surface area is 134 Å². The summed E-state index contributed by atoms with van der Waals surface area (Å²) in [4.78, 5) is 15.6. The van der Waals surface area contributed by atoms with Crippen LogP contribution < -0.4 is 5.32 Å². The number of thiophene rings is 1. The number of halogens is 2. The van der Waals surface area contributed by atoms with Crippen molar-refractivity contribution in [2.75, 3.05) is 19.6 Å². The van der Waals surface area contributed by atoms with Crippen LogP contribution in [-0.4, -0.2) is 36.5 Å². The molecule has 3 unspecified atom stereocenters. The number of rotatable bonds is 2. The molecule has 3 heterocycles. The molecule has 0 aromatic carbocycles. The first kappa shape index (κ1) is 14.0. The maximum absolute atomic E-state index is 12.7. The number of carbonyl (C=O) groups excluding carboxylic acids is 1. The number of likely N-dealkylation sites (tertiary alicyclic amines) is 1. The Morgan fingerprint density at radius 2 is 2.32 bits per heavy atom. The molecule has 1 N–H and O–H groups in total. The molecule has 104 valence electrons. The van der Waals surface area contributed by atoms with Crippen molar-refractivity contribution in [3.05, 3.63) is 19.2 Å². The number of hydrogen-bond donors (Lipinski definition) is 1. The number of carbonyl (C=O) groups is 1. The summed E-state index contributed by atoms with van der Waals surface area (Å²) in [6.45, 7) is 5.21. The van der Waals surface area contributed by atoms with Crippen LogP contribution in [0.25, 0.3) is 0 Å². The molecule has 19 heavy (non-hydrogen) atoms. The molecular weight excluding hydrogens is 392 g/mol. The van der Waals surface area contributed by atoms with Gasteiger partial charge in [0.25, 0.3) is 5.91 Å². The standard InChI is InChI=1S/C13H16Br2N2OS/c1-2-10-8-5-16-4-7(8)6-17(10)13(18)11-3-9(14)12(15)19-11/h3,7-8,10,16H,2,4-6H2,1H3. The fraction of sp³-hybridized carbons (Fsp3) is 0.615. The monoisotopic (exact) mass is 406 g/mol. The van der Waals surface area contributed by atoms with Crippen molar-refractivity contribution in [2.45, 2.75) is 19.4 Å². The lowest BCUT2D eigenvalue weighted by Crippen LogP contribution is -2.39. The van der Waals surface area contributed by atoms with Crippen LogP contribution in [0.1, 0.15) is 23.0 Å². The highest BCUT2D eigenvalue weighted by atomic mass is 79.9. The molecule has 2 aliphatic rings. The molecule has 2 aliphatic heterocycles. The van der Waals surface area contributed by atoms with E-state index in [0.29, 0.717) is 17.9 Å². The van der Waals surface area contributed by atoms with E-state index in [1.807, 2.05) is 6.07 Å². The second kappa shape index (κ2) is 5.47. The lowest BCUT2D eigenvalue weighted by Gasteiger charge is -2.26. The number of fused-ring (bicyclic) bond motifs is 1. The Balaban J connectivity index is 1.83. The van der Waals surface area contributed by atoms with Crippen LogP contribution in [0, 0.1) is 11.8 Å². The first-order valence-corrected chi connectivity index (χ1v) is 8.98. The summed E-state index contributed by atoms with van der Waals surface area (Å²) in [5, 5.41) is 3.45. The van der Waals surface area contributed by atoms with E-state index in [1.54, 1.807) is 0 Å². The quantitative estimate of drug-likeness (QED) is 0.815. The topological polar surface area (TPSA) is 32.3 Å². The summed E-state index contributed by atoms with van der Waals surface area (Å²) < 4.78 is 1.96. The molecule has 3 nitrogen and oxygen atoms in total. The van der Waals surface area contributed by atoms with Crippen LogP contribution in [0.2, 0.25) is 0 Å². The van der Waals surface area contributed by atoms with Crippen molar-refractivity contribution in [2.24, 2.45) is 11.8 Å². The molecular formula is C13H16Br2N2OS. The molecule has 0 saturated carbocycles. The van der Waals surface area contributed by atoms with E-state index in [4.69, 9.17) is 0 Å². The summed E-state index contributed by atoms with van der Waals surface area (Å²) in [5.74, 6) is 1.47. The van der Waals surface area contributed by atoms with Crippen molar-refractivity contribution in [3.8, 4) is 0 Å². The molecule has 3 atom stereocenters. The zero-order valence-electron chi connectivity index (χ0n) is 10.7. The Bertz CT molecular complexity index is 485. The van der Waals surface area contributed by atoms with Gasteiger partial charge in [-0.2, -0.15) is 0 Å². The van der Waals surface area contributed by atoms with E-state index in [2.05, 4.69) is 49.0 Å². The van der Waals surface area contributed by atoms with E-state index >= 15 is 0 Å². The number of nitrogens with zero attached hydrogens (tertiary/aromatic N) is 1. The van der Waals surface area contributed by atoms with Crippen LogP contribution in [-0.2, 0) is 0 Å². The van der Waals surface area contributed by atoms with Gasteiger partial charge in [-0.1, -0.05) is 6.92 Å². The van der Waals surface area contributed by atoms with Gasteiger partial charge in [0.15, 0.2) is 0 Å². The average Bonchev–Trinajstić information content (AvgIpc) is 3.03. The van der Waals surface area contributed by atoms with Gasteiger partial charge < -0.3 is 10.2 Å². The molecule has 6 heteroatoms. The third kappa shape index (κ3) is 2.41. The zero-order valence-corrected chi connectivity index (χ0v) is 14.6. The fourth-order valence-electron chi connectivity index (χ4n) is 3.37. The molecule has 3 rings (SSSR count). The van der Waals surface area contributed by atoms with Crippen LogP contribution in [0.3, 0.4) is 0 Å². The van der Waals surface area contributed by atoms with Gasteiger partial charge in [0, 0.05) is 30.1 Å². The van der Waals surface area contributed by atoms with Crippen molar-refractivity contribution in [1.29, 1.82) is 0 Å². The Kier molecular flexibility index (Phi) is 4.04. The fourth-order valence-corrected chi connectivity index (χ4v) is 5.36. The lowest BCUT2D eigenvalue weighted by atomic mass is 9.93. The third-order valence-corrected chi connectivity index (χ3v) is 7.50. The van der Waals surface area contributed by atoms with E-state index in [1.165, 1.54) is 11.3 Å². The van der Waals surface area contributed by atoms with Crippen LogP contribution in [0.15, 0.2) is 14.3 Å². The predicted molar refractivity (Wildman–Crippen MR) is 84.7 cm³/mol. The Morgan fingerprint density at radius 1 is 1.53 bits per heavy atom. The van der Waals surface area contributed by atoms with Gasteiger partial charge in [-0.15, -0.1) is 11.3 Å². The Hall–Kier alpha value is 0.0900. The van der Waals surface area contributed by atoms with Crippen molar-refractivity contribution in [3.63, 3.8) is 0 Å². The minimum Gasteiger partial charge on any atom is -0.334 e. The SMILES string of the molecule is CCC1C2CNCC2CN1C(=O)c1cc(Br)c(Br)s1. The predicted octanol–water partition coefficient (Wildman–Crippen LogP) is 3.34. The number of hydrogen-bond acceptors (Lipinski definition) is 3. The van der Waals surface area contributed by atoms with E-state index in [-0.39, 0.29) is 5.91 Å². The van der Waals surface area contributed by atoms with E-state index in [0.717, 1.165) is 39.2 Å². The molecule has 0 spiro atoms. The minimum atomic E-state index is 0.192. The second-order valence-electron chi connectivity index (χ2n) is 5.25. The summed E-state index contributed by atoms with van der Waals surface area (Å²) in [7, 11) is 0. The summed E-state index contributed by atoms with van der Waals surface area (Å²) in [5.41, 5.74) is 0. The van der Waals surface area contributed by atoms with Gasteiger partial charge >= 0.3 is 0 Å². The maximum Gasteiger partial charge on any atom is 0.264 e. The van der Waals surface area contributed by atoms with Crippen LogP contribution >= 0.6 is 43.2 Å². The van der Waals surface area contributed by atoms with Crippen molar-refractivity contribution in [1.82, 2.24) is 10.2 Å². The van der Waals surface area contributed by atoms with Crippen molar-refractivity contribution >= 4 is 49.1 Å². The number of amides is 1. The van der Waals surface area contributed by atoms with Crippen molar-refractivity contribution < 1.29 is 4.79 Å². The molecule has 1 aromatic rings. The highest BCUT2D eigenvalue weighted by molar-refractivity contribution is 9.13. The molecule has 0 aliphatic carbocycles. The maximum atomic E-state index is 12.7. The van der Waals surface area contributed by atoms with Gasteiger partial charge in [-0.05, 0) is 56.2 Å². The second-order valence-corrected chi connectivity index (χ2v) is 8.47. The summed E-state index contributed by atoms with van der Waals surface area (Å²) in [6.07, 6.45) is 1.04.